The smallest absolute Gasteiger partial charge is 0.123 e. The van der Waals surface area contributed by atoms with Gasteiger partial charge in [-0.15, -0.1) is 0 Å². The van der Waals surface area contributed by atoms with Crippen LogP contribution >= 0.6 is 0 Å². The molecule has 2 aliphatic rings. The van der Waals surface area contributed by atoms with Crippen LogP contribution in [-0.2, 0) is 18.3 Å². The molecule has 0 spiro atoms. The third-order valence-corrected chi connectivity index (χ3v) is 8.00. The van der Waals surface area contributed by atoms with E-state index < -0.39 is 0 Å². The van der Waals surface area contributed by atoms with E-state index in [2.05, 4.69) is 124 Å². The number of rotatable bonds is 4. The Morgan fingerprint density at radius 2 is 1.12 bits per heavy atom. The number of ether oxygens (including phenoxy) is 1. The topological polar surface area (TPSA) is 29.5 Å². The first kappa shape index (κ1) is 26.1. The van der Waals surface area contributed by atoms with Crippen molar-refractivity contribution in [1.82, 2.24) is 0 Å². The van der Waals surface area contributed by atoms with Crippen LogP contribution < -0.4 is 4.74 Å². The van der Waals surface area contributed by atoms with E-state index in [-0.39, 0.29) is 12.0 Å². The van der Waals surface area contributed by atoms with Crippen molar-refractivity contribution in [3.8, 4) is 39.1 Å². The Bertz CT molecular complexity index is 1630. The highest BCUT2D eigenvalue weighted by Crippen LogP contribution is 2.43. The predicted molar refractivity (Wildman–Crippen MR) is 166 cm³/mol. The lowest BCUT2D eigenvalue weighted by Crippen LogP contribution is -2.15. The van der Waals surface area contributed by atoms with Gasteiger partial charge in [-0.05, 0) is 86.0 Å². The average molecular weight is 525 g/mol. The van der Waals surface area contributed by atoms with E-state index in [1.54, 1.807) is 0 Å². The summed E-state index contributed by atoms with van der Waals surface area (Å²) >= 11 is 0. The second-order valence-corrected chi connectivity index (χ2v) is 11.7. The molecule has 0 unspecified atom stereocenters. The Labute approximate surface area is 237 Å². The second kappa shape index (κ2) is 10.8. The molecule has 5 aromatic rings. The molecule has 0 fully saturated rings. The van der Waals surface area contributed by atoms with Gasteiger partial charge in [0.1, 0.15) is 12.4 Å². The number of hydrogen-bond acceptors (Lipinski definition) is 2. The van der Waals surface area contributed by atoms with Crippen LogP contribution in [0.25, 0.3) is 33.4 Å². The number of hydrogen-bond donors (Lipinski definition) is 1. The van der Waals surface area contributed by atoms with Crippen molar-refractivity contribution in [3.05, 3.63) is 137 Å². The van der Waals surface area contributed by atoms with Gasteiger partial charge in [-0.1, -0.05) is 118 Å². The molecule has 40 heavy (non-hydrogen) atoms. The van der Waals surface area contributed by atoms with Crippen molar-refractivity contribution < 1.29 is 9.84 Å². The monoisotopic (exact) mass is 524 g/mol. The normalized spacial score (nSPS) is 12.5. The molecule has 0 atom stereocenters. The number of aliphatic hydroxyl groups excluding tert-OH is 1. The molecule has 0 heterocycles. The number of benzene rings is 5. The summed E-state index contributed by atoms with van der Waals surface area (Å²) in [7, 11) is 0. The van der Waals surface area contributed by atoms with E-state index in [0.717, 1.165) is 18.6 Å². The van der Waals surface area contributed by atoms with E-state index in [9.17, 15) is 0 Å². The van der Waals surface area contributed by atoms with Crippen LogP contribution in [0.4, 0.5) is 0 Å². The van der Waals surface area contributed by atoms with Crippen LogP contribution in [0.15, 0.2) is 109 Å². The van der Waals surface area contributed by atoms with Crippen molar-refractivity contribution in [2.24, 2.45) is 0 Å². The Hall–Kier alpha value is -4.14. The van der Waals surface area contributed by atoms with Crippen molar-refractivity contribution >= 4 is 0 Å². The van der Waals surface area contributed by atoms with Crippen LogP contribution in [0.2, 0.25) is 0 Å². The van der Waals surface area contributed by atoms with E-state index in [1.165, 1.54) is 61.2 Å². The van der Waals surface area contributed by atoms with Crippen molar-refractivity contribution in [1.29, 1.82) is 0 Å². The number of aliphatic hydroxyl groups is 1. The van der Waals surface area contributed by atoms with Gasteiger partial charge in [0.25, 0.3) is 0 Å². The van der Waals surface area contributed by atoms with E-state index in [4.69, 9.17) is 9.84 Å². The van der Waals surface area contributed by atoms with Crippen LogP contribution in [0, 0.1) is 0 Å². The van der Waals surface area contributed by atoms with Gasteiger partial charge >= 0.3 is 0 Å². The van der Waals surface area contributed by atoms with Crippen LogP contribution in [0.5, 0.6) is 5.75 Å². The first-order valence-electron chi connectivity index (χ1n) is 14.2. The summed E-state index contributed by atoms with van der Waals surface area (Å²) < 4.78 is 5.80. The lowest BCUT2D eigenvalue weighted by Gasteiger charge is -2.24. The molecule has 200 valence electrons. The molecular weight excluding hydrogens is 488 g/mol. The molecule has 0 bridgehead atoms. The third kappa shape index (κ3) is 4.96. The molecule has 0 radical (unpaired) electrons. The highest BCUT2D eigenvalue weighted by Gasteiger charge is 2.24. The molecule has 2 aliphatic carbocycles. The van der Waals surface area contributed by atoms with Gasteiger partial charge < -0.3 is 9.84 Å². The molecule has 0 aromatic heterocycles. The van der Waals surface area contributed by atoms with Crippen LogP contribution in [-0.4, -0.2) is 18.3 Å². The molecule has 0 saturated heterocycles. The minimum Gasteiger partial charge on any atom is -0.491 e. The molecule has 1 N–H and O–H groups in total. The van der Waals surface area contributed by atoms with Crippen molar-refractivity contribution in [3.63, 3.8) is 0 Å². The van der Waals surface area contributed by atoms with Crippen molar-refractivity contribution in [2.45, 2.75) is 39.0 Å². The first-order chi connectivity index (χ1) is 19.4. The van der Waals surface area contributed by atoms with Crippen LogP contribution in [0.1, 0.15) is 48.6 Å². The molecule has 0 amide bonds. The van der Waals surface area contributed by atoms with Gasteiger partial charge in [0.05, 0.1) is 6.61 Å². The fourth-order valence-corrected chi connectivity index (χ4v) is 6.07. The molecule has 0 aliphatic heterocycles. The molecule has 2 nitrogen and oxygen atoms in total. The zero-order valence-corrected chi connectivity index (χ0v) is 23.6. The average Bonchev–Trinajstić information content (AvgIpc) is 3.54. The Morgan fingerprint density at radius 1 is 0.600 bits per heavy atom. The molecule has 0 saturated carbocycles. The van der Waals surface area contributed by atoms with Gasteiger partial charge in [0.2, 0.25) is 0 Å². The summed E-state index contributed by atoms with van der Waals surface area (Å²) in [5.41, 5.74) is 14.9. The molecule has 5 aromatic carbocycles. The standard InChI is InChI=1S/C25H26O2.C13H10/c1-25(2,3)23-16-18(11-12-24(23)27-14-13-26)20-9-6-10-21-19-8-5-4-7-17(19)15-22(20)21;1-3-7-12-10(5-1)9-11-6-2-4-8-13(11)12/h4-12,16,26H,13-15H2,1-3H3;1-8H,9H2. The summed E-state index contributed by atoms with van der Waals surface area (Å²) in [5, 5.41) is 9.12. The maximum absolute atomic E-state index is 9.12. The minimum atomic E-state index is -0.0400. The summed E-state index contributed by atoms with van der Waals surface area (Å²) in [6.07, 6.45) is 2.08. The third-order valence-electron chi connectivity index (χ3n) is 8.00. The zero-order valence-electron chi connectivity index (χ0n) is 23.6. The summed E-state index contributed by atoms with van der Waals surface area (Å²) in [6, 6.07) is 39.0. The Balaban J connectivity index is 0.000000184. The molecular formula is C38H36O2. The molecule has 7 rings (SSSR count). The lowest BCUT2D eigenvalue weighted by atomic mass is 9.84. The van der Waals surface area contributed by atoms with Gasteiger partial charge in [0, 0.05) is 5.56 Å². The minimum absolute atomic E-state index is 0.0236. The van der Waals surface area contributed by atoms with Gasteiger partial charge in [0.15, 0.2) is 0 Å². The predicted octanol–water partition coefficient (Wildman–Crippen LogP) is 8.85. The van der Waals surface area contributed by atoms with E-state index in [0.29, 0.717) is 6.61 Å². The molecule has 2 heteroatoms. The lowest BCUT2D eigenvalue weighted by molar-refractivity contribution is 0.199. The maximum atomic E-state index is 9.12. The van der Waals surface area contributed by atoms with Gasteiger partial charge in [-0.3, -0.25) is 0 Å². The van der Waals surface area contributed by atoms with Crippen molar-refractivity contribution in [2.75, 3.05) is 13.2 Å². The maximum Gasteiger partial charge on any atom is 0.123 e. The quantitative estimate of drug-likeness (QED) is 0.249. The zero-order chi connectivity index (χ0) is 27.7. The fourth-order valence-electron chi connectivity index (χ4n) is 6.07. The summed E-state index contributed by atoms with van der Waals surface area (Å²) in [4.78, 5) is 0. The fraction of sp³-hybridized carbons (Fsp3) is 0.211. The second-order valence-electron chi connectivity index (χ2n) is 11.7. The highest BCUT2D eigenvalue weighted by atomic mass is 16.5. The van der Waals surface area contributed by atoms with Gasteiger partial charge in [-0.2, -0.15) is 0 Å². The van der Waals surface area contributed by atoms with Crippen LogP contribution in [0.3, 0.4) is 0 Å². The summed E-state index contributed by atoms with van der Waals surface area (Å²) in [6.45, 7) is 6.93. The van der Waals surface area contributed by atoms with E-state index in [1.807, 2.05) is 6.07 Å². The Kier molecular flexibility index (Phi) is 7.04. The SMILES string of the molecule is CC(C)(C)c1cc(-c2cccc3c2Cc2ccccc2-3)ccc1OCCO.c1ccc2c(c1)Cc1ccccc1-2. The number of fused-ring (bicyclic) bond motifs is 6. The summed E-state index contributed by atoms with van der Waals surface area (Å²) in [5.74, 6) is 0.858. The largest absolute Gasteiger partial charge is 0.491 e. The highest BCUT2D eigenvalue weighted by molar-refractivity contribution is 5.85. The Morgan fingerprint density at radius 3 is 1.73 bits per heavy atom. The van der Waals surface area contributed by atoms with Gasteiger partial charge in [-0.25, -0.2) is 0 Å². The van der Waals surface area contributed by atoms with E-state index >= 15 is 0 Å². The first-order valence-corrected chi connectivity index (χ1v) is 14.2.